The first-order valence-corrected chi connectivity index (χ1v) is 4.89. The van der Waals surface area contributed by atoms with Crippen molar-refractivity contribution in [3.05, 3.63) is 23.8 Å². The first-order chi connectivity index (χ1) is 7.16. The Morgan fingerprint density at radius 2 is 2.07 bits per heavy atom. The highest BCUT2D eigenvalue weighted by atomic mass is 16.7. The fourth-order valence-corrected chi connectivity index (χ4v) is 1.57. The summed E-state index contributed by atoms with van der Waals surface area (Å²) in [5, 5.41) is 9.88. The van der Waals surface area contributed by atoms with Gasteiger partial charge in [0.15, 0.2) is 11.5 Å². The Kier molecular flexibility index (Phi) is 2.79. The Hall–Kier alpha value is -1.26. The lowest BCUT2D eigenvalue weighted by atomic mass is 10.1. The molecular weight excluding hydrogens is 194 g/mol. The highest BCUT2D eigenvalue weighted by Gasteiger charge is 2.16. The zero-order chi connectivity index (χ0) is 10.8. The van der Waals surface area contributed by atoms with E-state index in [2.05, 4.69) is 0 Å². The van der Waals surface area contributed by atoms with Crippen molar-refractivity contribution in [3.8, 4) is 11.5 Å². The average Bonchev–Trinajstić information content (AvgIpc) is 2.62. The number of nitrogens with zero attached hydrogens (tertiary/aromatic N) is 1. The number of aliphatic hydroxyl groups excluding tert-OH is 1. The molecule has 0 saturated carbocycles. The summed E-state index contributed by atoms with van der Waals surface area (Å²) in [7, 11) is 3.85. The van der Waals surface area contributed by atoms with E-state index < -0.39 is 6.10 Å². The zero-order valence-corrected chi connectivity index (χ0v) is 8.93. The van der Waals surface area contributed by atoms with Crippen LogP contribution in [0.15, 0.2) is 18.2 Å². The summed E-state index contributed by atoms with van der Waals surface area (Å²) in [5.41, 5.74) is 0.855. The van der Waals surface area contributed by atoms with E-state index in [0.29, 0.717) is 12.3 Å². The number of fused-ring (bicyclic) bond motifs is 1. The molecule has 1 atom stereocenters. The van der Waals surface area contributed by atoms with Gasteiger partial charge in [0.1, 0.15) is 0 Å². The summed E-state index contributed by atoms with van der Waals surface area (Å²) < 4.78 is 10.4. The van der Waals surface area contributed by atoms with Gasteiger partial charge < -0.3 is 19.5 Å². The summed E-state index contributed by atoms with van der Waals surface area (Å²) in [4.78, 5) is 1.94. The van der Waals surface area contributed by atoms with Gasteiger partial charge in [0.05, 0.1) is 6.10 Å². The molecule has 1 aliphatic heterocycles. The van der Waals surface area contributed by atoms with Crippen LogP contribution < -0.4 is 9.47 Å². The summed E-state index contributed by atoms with van der Waals surface area (Å²) in [6, 6.07) is 5.52. The minimum atomic E-state index is -0.491. The molecule has 1 N–H and O–H groups in total. The second kappa shape index (κ2) is 4.08. The van der Waals surface area contributed by atoms with Crippen molar-refractivity contribution in [2.45, 2.75) is 6.10 Å². The molecule has 2 rings (SSSR count). The van der Waals surface area contributed by atoms with Gasteiger partial charge in [-0.1, -0.05) is 6.07 Å². The molecule has 82 valence electrons. The third-order valence-corrected chi connectivity index (χ3v) is 2.32. The molecule has 0 spiro atoms. The second-order valence-electron chi connectivity index (χ2n) is 3.89. The predicted octanol–water partition coefficient (Wildman–Crippen LogP) is 1.01. The van der Waals surface area contributed by atoms with Crippen molar-refractivity contribution < 1.29 is 14.6 Å². The molecular formula is C11H15NO3. The van der Waals surface area contributed by atoms with Gasteiger partial charge in [0.25, 0.3) is 0 Å². The molecule has 1 aromatic rings. The van der Waals surface area contributed by atoms with Crippen molar-refractivity contribution in [1.82, 2.24) is 4.90 Å². The zero-order valence-electron chi connectivity index (χ0n) is 8.93. The Bertz CT molecular complexity index is 352. The molecule has 0 bridgehead atoms. The molecule has 0 fully saturated rings. The molecule has 1 heterocycles. The Morgan fingerprint density at radius 1 is 1.33 bits per heavy atom. The summed E-state index contributed by atoms with van der Waals surface area (Å²) in [6.45, 7) is 0.863. The van der Waals surface area contributed by atoms with Crippen molar-refractivity contribution in [1.29, 1.82) is 0 Å². The van der Waals surface area contributed by atoms with Crippen LogP contribution in [0.3, 0.4) is 0 Å². The summed E-state index contributed by atoms with van der Waals surface area (Å²) in [5.74, 6) is 1.46. The van der Waals surface area contributed by atoms with Gasteiger partial charge >= 0.3 is 0 Å². The number of ether oxygens (including phenoxy) is 2. The van der Waals surface area contributed by atoms with Crippen LogP contribution in [0.2, 0.25) is 0 Å². The van der Waals surface area contributed by atoms with Crippen LogP contribution in [0.5, 0.6) is 11.5 Å². The third-order valence-electron chi connectivity index (χ3n) is 2.32. The van der Waals surface area contributed by atoms with Gasteiger partial charge in [0, 0.05) is 6.54 Å². The fraction of sp³-hybridized carbons (Fsp3) is 0.455. The molecule has 1 aliphatic rings. The molecule has 0 saturated heterocycles. The molecule has 0 radical (unpaired) electrons. The van der Waals surface area contributed by atoms with Crippen LogP contribution in [-0.2, 0) is 0 Å². The topological polar surface area (TPSA) is 41.9 Å². The standard InChI is InChI=1S/C11H15NO3/c1-12(2)6-9(13)8-3-4-10-11(5-8)15-7-14-10/h3-5,9,13H,6-7H2,1-2H3. The van der Waals surface area contributed by atoms with E-state index in [0.717, 1.165) is 11.3 Å². The van der Waals surface area contributed by atoms with E-state index in [9.17, 15) is 5.11 Å². The normalized spacial score (nSPS) is 15.7. The minimum Gasteiger partial charge on any atom is -0.454 e. The maximum Gasteiger partial charge on any atom is 0.231 e. The maximum absolute atomic E-state index is 9.88. The van der Waals surface area contributed by atoms with Gasteiger partial charge in [-0.25, -0.2) is 0 Å². The average molecular weight is 209 g/mol. The van der Waals surface area contributed by atoms with Crippen LogP contribution in [0.4, 0.5) is 0 Å². The van der Waals surface area contributed by atoms with Gasteiger partial charge in [-0.3, -0.25) is 0 Å². The van der Waals surface area contributed by atoms with Crippen molar-refractivity contribution in [2.75, 3.05) is 27.4 Å². The van der Waals surface area contributed by atoms with Gasteiger partial charge in [0.2, 0.25) is 6.79 Å². The number of likely N-dealkylation sites (N-methyl/N-ethyl adjacent to an activating group) is 1. The molecule has 1 unspecified atom stereocenters. The molecule has 1 aromatic carbocycles. The fourth-order valence-electron chi connectivity index (χ4n) is 1.57. The largest absolute Gasteiger partial charge is 0.454 e. The predicted molar refractivity (Wildman–Crippen MR) is 56.1 cm³/mol. The molecule has 15 heavy (non-hydrogen) atoms. The Balaban J connectivity index is 2.15. The number of benzene rings is 1. The highest BCUT2D eigenvalue weighted by molar-refractivity contribution is 5.45. The maximum atomic E-state index is 9.88. The van der Waals surface area contributed by atoms with Gasteiger partial charge in [-0.15, -0.1) is 0 Å². The Morgan fingerprint density at radius 3 is 2.80 bits per heavy atom. The number of aliphatic hydroxyl groups is 1. The molecule has 0 aromatic heterocycles. The van der Waals surface area contributed by atoms with Crippen molar-refractivity contribution in [2.24, 2.45) is 0 Å². The van der Waals surface area contributed by atoms with Crippen LogP contribution in [-0.4, -0.2) is 37.4 Å². The highest BCUT2D eigenvalue weighted by Crippen LogP contribution is 2.34. The third kappa shape index (κ3) is 2.22. The van der Waals surface area contributed by atoms with Gasteiger partial charge in [-0.2, -0.15) is 0 Å². The first-order valence-electron chi connectivity index (χ1n) is 4.89. The van der Waals surface area contributed by atoms with Crippen molar-refractivity contribution >= 4 is 0 Å². The van der Waals surface area contributed by atoms with E-state index in [-0.39, 0.29) is 6.79 Å². The minimum absolute atomic E-state index is 0.266. The van der Waals surface area contributed by atoms with Crippen LogP contribution >= 0.6 is 0 Å². The van der Waals surface area contributed by atoms with Crippen LogP contribution in [0.1, 0.15) is 11.7 Å². The number of hydrogen-bond acceptors (Lipinski definition) is 4. The molecule has 4 heteroatoms. The monoisotopic (exact) mass is 209 g/mol. The summed E-state index contributed by atoms with van der Waals surface area (Å²) in [6.07, 6.45) is -0.491. The first kappa shape index (κ1) is 10.3. The van der Waals surface area contributed by atoms with E-state index >= 15 is 0 Å². The van der Waals surface area contributed by atoms with Crippen LogP contribution in [0.25, 0.3) is 0 Å². The van der Waals surface area contributed by atoms with E-state index in [1.165, 1.54) is 0 Å². The molecule has 4 nitrogen and oxygen atoms in total. The number of rotatable bonds is 3. The molecule has 0 aliphatic carbocycles. The second-order valence-corrected chi connectivity index (χ2v) is 3.89. The van der Waals surface area contributed by atoms with Gasteiger partial charge in [-0.05, 0) is 31.8 Å². The SMILES string of the molecule is CN(C)CC(O)c1ccc2c(c1)OCO2. The smallest absolute Gasteiger partial charge is 0.231 e. The Labute approximate surface area is 89.0 Å². The summed E-state index contributed by atoms with van der Waals surface area (Å²) >= 11 is 0. The van der Waals surface area contributed by atoms with Crippen molar-refractivity contribution in [3.63, 3.8) is 0 Å². The van der Waals surface area contributed by atoms with Crippen LogP contribution in [0, 0.1) is 0 Å². The van der Waals surface area contributed by atoms with E-state index in [4.69, 9.17) is 9.47 Å². The van der Waals surface area contributed by atoms with E-state index in [1.54, 1.807) is 0 Å². The quantitative estimate of drug-likeness (QED) is 0.806. The molecule has 0 amide bonds. The lowest BCUT2D eigenvalue weighted by Crippen LogP contribution is -2.19. The lowest BCUT2D eigenvalue weighted by molar-refractivity contribution is 0.138. The number of hydrogen-bond donors (Lipinski definition) is 1. The lowest BCUT2D eigenvalue weighted by Gasteiger charge is -2.16. The van der Waals surface area contributed by atoms with E-state index in [1.807, 2.05) is 37.2 Å².